The van der Waals surface area contributed by atoms with Gasteiger partial charge in [-0.15, -0.1) is 21.5 Å². The highest BCUT2D eigenvalue weighted by Gasteiger charge is 2.20. The highest BCUT2D eigenvalue weighted by molar-refractivity contribution is 7.98. The van der Waals surface area contributed by atoms with Crippen molar-refractivity contribution in [2.24, 2.45) is 0 Å². The van der Waals surface area contributed by atoms with Crippen molar-refractivity contribution < 1.29 is 0 Å². The summed E-state index contributed by atoms with van der Waals surface area (Å²) in [5.74, 6) is 1.29. The summed E-state index contributed by atoms with van der Waals surface area (Å²) in [6, 6.07) is 0.306. The summed E-state index contributed by atoms with van der Waals surface area (Å²) in [4.78, 5) is 22.4. The topological polar surface area (TPSA) is 76.5 Å². The average Bonchev–Trinajstić information content (AvgIpc) is 3.17. The van der Waals surface area contributed by atoms with E-state index in [4.69, 9.17) is 4.98 Å². The number of nitrogens with one attached hydrogen (secondary N) is 1. The van der Waals surface area contributed by atoms with Crippen LogP contribution < -0.4 is 5.56 Å². The summed E-state index contributed by atoms with van der Waals surface area (Å²) in [5.41, 5.74) is 1.23. The molecule has 1 aliphatic carbocycles. The maximum atomic E-state index is 12.5. The third-order valence-electron chi connectivity index (χ3n) is 4.31. The normalized spacial score (nSPS) is 14.5. The molecule has 6 nitrogen and oxygen atoms in total. The van der Waals surface area contributed by atoms with Crippen molar-refractivity contribution in [2.75, 3.05) is 0 Å². The number of thiophene rings is 1. The molecular formula is C16H19N5OS2. The first kappa shape index (κ1) is 15.8. The van der Waals surface area contributed by atoms with Crippen LogP contribution in [0.1, 0.15) is 49.0 Å². The molecule has 0 aliphatic heterocycles. The molecule has 1 aliphatic rings. The van der Waals surface area contributed by atoms with Crippen LogP contribution >= 0.6 is 23.1 Å². The van der Waals surface area contributed by atoms with Crippen molar-refractivity contribution in [1.82, 2.24) is 24.7 Å². The van der Waals surface area contributed by atoms with Gasteiger partial charge < -0.3 is 9.55 Å². The van der Waals surface area contributed by atoms with Crippen molar-refractivity contribution >= 4 is 33.3 Å². The van der Waals surface area contributed by atoms with E-state index in [1.165, 1.54) is 23.3 Å². The second kappa shape index (κ2) is 6.33. The summed E-state index contributed by atoms with van der Waals surface area (Å²) < 4.78 is 2.02. The Morgan fingerprint density at radius 3 is 3.04 bits per heavy atom. The van der Waals surface area contributed by atoms with Gasteiger partial charge in [0.1, 0.15) is 17.0 Å². The van der Waals surface area contributed by atoms with Gasteiger partial charge >= 0.3 is 0 Å². The zero-order chi connectivity index (χ0) is 16.7. The maximum absolute atomic E-state index is 12.5. The average molecular weight is 361 g/mol. The van der Waals surface area contributed by atoms with Crippen molar-refractivity contribution in [3.63, 3.8) is 0 Å². The Kier molecular flexibility index (Phi) is 4.17. The fraction of sp³-hybridized carbons (Fsp3) is 0.500. The van der Waals surface area contributed by atoms with Crippen molar-refractivity contribution in [1.29, 1.82) is 0 Å². The molecule has 0 amide bonds. The lowest BCUT2D eigenvalue weighted by molar-refractivity contribution is 0.549. The molecular weight excluding hydrogens is 342 g/mol. The van der Waals surface area contributed by atoms with Gasteiger partial charge in [0.05, 0.1) is 11.1 Å². The van der Waals surface area contributed by atoms with E-state index in [0.717, 1.165) is 28.2 Å². The van der Waals surface area contributed by atoms with E-state index in [1.807, 2.05) is 4.57 Å². The lowest BCUT2D eigenvalue weighted by Gasteiger charge is -2.10. The Balaban J connectivity index is 1.63. The molecule has 24 heavy (non-hydrogen) atoms. The molecule has 1 N–H and O–H groups in total. The van der Waals surface area contributed by atoms with Crippen molar-refractivity contribution in [3.05, 3.63) is 32.9 Å². The van der Waals surface area contributed by atoms with E-state index in [0.29, 0.717) is 17.6 Å². The summed E-state index contributed by atoms with van der Waals surface area (Å²) in [6.07, 6.45) is 6.20. The molecule has 0 spiro atoms. The molecule has 0 saturated heterocycles. The number of thioether (sulfide) groups is 1. The number of aromatic amines is 1. The Labute approximate surface area is 147 Å². The lowest BCUT2D eigenvalue weighted by atomic mass is 9.97. The van der Waals surface area contributed by atoms with E-state index in [9.17, 15) is 4.79 Å². The van der Waals surface area contributed by atoms with Crippen LogP contribution in [0, 0.1) is 0 Å². The fourth-order valence-electron chi connectivity index (χ4n) is 3.10. The number of fused-ring (bicyclic) bond motifs is 3. The lowest BCUT2D eigenvalue weighted by Crippen LogP contribution is -2.12. The molecule has 0 saturated carbocycles. The zero-order valence-corrected chi connectivity index (χ0v) is 15.3. The summed E-state index contributed by atoms with van der Waals surface area (Å²) >= 11 is 3.23. The van der Waals surface area contributed by atoms with Crippen LogP contribution in [0.15, 0.2) is 16.3 Å². The van der Waals surface area contributed by atoms with Gasteiger partial charge in [0.15, 0.2) is 5.16 Å². The van der Waals surface area contributed by atoms with Crippen molar-refractivity contribution in [3.8, 4) is 0 Å². The van der Waals surface area contributed by atoms with Gasteiger partial charge in [-0.1, -0.05) is 11.8 Å². The highest BCUT2D eigenvalue weighted by Crippen LogP contribution is 2.33. The third-order valence-corrected chi connectivity index (χ3v) is 6.46. The van der Waals surface area contributed by atoms with E-state index in [1.54, 1.807) is 29.4 Å². The van der Waals surface area contributed by atoms with Crippen molar-refractivity contribution in [2.45, 2.75) is 56.5 Å². The minimum absolute atomic E-state index is 0.000302. The predicted octanol–water partition coefficient (Wildman–Crippen LogP) is 3.33. The molecule has 0 fully saturated rings. The molecule has 0 radical (unpaired) electrons. The van der Waals surface area contributed by atoms with Gasteiger partial charge in [-0.05, 0) is 45.1 Å². The minimum Gasteiger partial charge on any atom is -0.309 e. The highest BCUT2D eigenvalue weighted by atomic mass is 32.2. The SMILES string of the molecule is CC(C)n1cnnc1SCc1nc2sc3c(c2c(=O)[nH]1)CCCC3. The fourth-order valence-corrected chi connectivity index (χ4v) is 5.29. The monoisotopic (exact) mass is 361 g/mol. The van der Waals surface area contributed by atoms with Crippen LogP contribution in [0.5, 0.6) is 0 Å². The molecule has 3 heterocycles. The molecule has 3 aromatic heterocycles. The predicted molar refractivity (Wildman–Crippen MR) is 96.9 cm³/mol. The van der Waals surface area contributed by atoms with Gasteiger partial charge in [0.25, 0.3) is 5.56 Å². The largest absolute Gasteiger partial charge is 0.309 e. The van der Waals surface area contributed by atoms with Gasteiger partial charge in [-0.25, -0.2) is 4.98 Å². The van der Waals surface area contributed by atoms with E-state index >= 15 is 0 Å². The zero-order valence-electron chi connectivity index (χ0n) is 13.7. The maximum Gasteiger partial charge on any atom is 0.259 e. The number of hydrogen-bond donors (Lipinski definition) is 1. The van der Waals surface area contributed by atoms with Crippen LogP contribution in [0.4, 0.5) is 0 Å². The Hall–Kier alpha value is -1.67. The van der Waals surface area contributed by atoms with Crippen LogP contribution in [0.3, 0.4) is 0 Å². The first-order chi connectivity index (χ1) is 11.6. The van der Waals surface area contributed by atoms with Gasteiger partial charge in [0.2, 0.25) is 0 Å². The molecule has 3 aromatic rings. The summed E-state index contributed by atoms with van der Waals surface area (Å²) in [5, 5.41) is 9.78. The number of H-pyrrole nitrogens is 1. The number of rotatable bonds is 4. The smallest absolute Gasteiger partial charge is 0.259 e. The van der Waals surface area contributed by atoms with E-state index < -0.39 is 0 Å². The number of aryl methyl sites for hydroxylation is 2. The van der Waals surface area contributed by atoms with Gasteiger partial charge in [-0.3, -0.25) is 4.79 Å². The van der Waals surface area contributed by atoms with E-state index in [-0.39, 0.29) is 5.56 Å². The molecule has 8 heteroatoms. The second-order valence-electron chi connectivity index (χ2n) is 6.31. The quantitative estimate of drug-likeness (QED) is 0.721. The molecule has 0 bridgehead atoms. The number of hydrogen-bond acceptors (Lipinski definition) is 6. The van der Waals surface area contributed by atoms with Gasteiger partial charge in [0, 0.05) is 10.9 Å². The Morgan fingerprint density at radius 1 is 1.38 bits per heavy atom. The van der Waals surface area contributed by atoms with Crippen LogP contribution in [-0.4, -0.2) is 24.7 Å². The number of aromatic nitrogens is 5. The minimum atomic E-state index is 0.000302. The molecule has 0 unspecified atom stereocenters. The Morgan fingerprint density at radius 2 is 2.21 bits per heavy atom. The Bertz CT molecular complexity index is 940. The second-order valence-corrected chi connectivity index (χ2v) is 8.33. The summed E-state index contributed by atoms with van der Waals surface area (Å²) in [6.45, 7) is 4.19. The standard InChI is InChI=1S/C16H19N5OS2/c1-9(2)21-8-17-20-16(21)23-7-12-18-14(22)13-10-5-3-4-6-11(10)24-15(13)19-12/h8-9H,3-7H2,1-2H3,(H,18,19,22). The molecule has 0 atom stereocenters. The van der Waals surface area contributed by atoms with Crippen LogP contribution in [-0.2, 0) is 18.6 Å². The van der Waals surface area contributed by atoms with Crippen LogP contribution in [0.25, 0.3) is 10.2 Å². The molecule has 0 aromatic carbocycles. The number of nitrogens with zero attached hydrogens (tertiary/aromatic N) is 4. The van der Waals surface area contributed by atoms with E-state index in [2.05, 4.69) is 29.0 Å². The first-order valence-corrected chi connectivity index (χ1v) is 9.99. The molecule has 126 valence electrons. The van der Waals surface area contributed by atoms with Gasteiger partial charge in [-0.2, -0.15) is 0 Å². The first-order valence-electron chi connectivity index (χ1n) is 8.19. The third kappa shape index (κ3) is 2.77. The summed E-state index contributed by atoms with van der Waals surface area (Å²) in [7, 11) is 0. The van der Waals surface area contributed by atoms with Crippen LogP contribution in [0.2, 0.25) is 0 Å². The molecule has 4 rings (SSSR count).